The number of nitrogens with zero attached hydrogens (tertiary/aromatic N) is 1. The van der Waals surface area contributed by atoms with Crippen LogP contribution < -0.4 is 10.6 Å². The van der Waals surface area contributed by atoms with Crippen LogP contribution >= 0.6 is 11.3 Å². The van der Waals surface area contributed by atoms with Gasteiger partial charge in [-0.25, -0.2) is 9.78 Å². The summed E-state index contributed by atoms with van der Waals surface area (Å²) in [6, 6.07) is -0.299. The fraction of sp³-hybridized carbons (Fsp3) is 0.545. The monoisotopic (exact) mass is 269 g/mol. The number of aromatic nitrogens is 1. The number of amides is 1. The Morgan fingerprint density at radius 2 is 2.56 bits per heavy atom. The normalized spacial score (nSPS) is 19.2. The first-order valence-corrected chi connectivity index (χ1v) is 6.75. The molecule has 0 saturated carbocycles. The fourth-order valence-electron chi connectivity index (χ4n) is 1.76. The number of piperidine rings is 1. The standard InChI is InChI=1S/C11H15N3O3S/c1-2-17-11(16)8-10(18-6-13-8)14-7-4-3-5-12-9(7)15/h6-7,14H,2-5H2,1H3,(H,12,15). The molecule has 0 bridgehead atoms. The third-order valence-electron chi connectivity index (χ3n) is 2.63. The number of thiazole rings is 1. The van der Waals surface area contributed by atoms with Crippen molar-refractivity contribution in [3.63, 3.8) is 0 Å². The lowest BCUT2D eigenvalue weighted by atomic mass is 10.1. The molecule has 2 rings (SSSR count). The van der Waals surface area contributed by atoms with Gasteiger partial charge in [0.05, 0.1) is 12.1 Å². The molecule has 1 amide bonds. The molecule has 0 spiro atoms. The number of carbonyl (C=O) groups is 2. The Hall–Kier alpha value is -1.63. The van der Waals surface area contributed by atoms with E-state index >= 15 is 0 Å². The summed E-state index contributed by atoms with van der Waals surface area (Å²) in [6.45, 7) is 2.76. The van der Waals surface area contributed by atoms with Crippen molar-refractivity contribution in [3.05, 3.63) is 11.2 Å². The van der Waals surface area contributed by atoms with E-state index in [1.54, 1.807) is 12.4 Å². The van der Waals surface area contributed by atoms with Gasteiger partial charge >= 0.3 is 5.97 Å². The van der Waals surface area contributed by atoms with Crippen molar-refractivity contribution in [1.29, 1.82) is 0 Å². The quantitative estimate of drug-likeness (QED) is 0.797. The molecule has 0 radical (unpaired) electrons. The van der Waals surface area contributed by atoms with Gasteiger partial charge in [0, 0.05) is 6.54 Å². The molecule has 1 fully saturated rings. The van der Waals surface area contributed by atoms with Gasteiger partial charge in [0.1, 0.15) is 11.0 Å². The summed E-state index contributed by atoms with van der Waals surface area (Å²) in [6.07, 6.45) is 1.68. The molecule has 1 aromatic rings. The highest BCUT2D eigenvalue weighted by Gasteiger charge is 2.25. The maximum Gasteiger partial charge on any atom is 0.360 e. The first-order valence-electron chi connectivity index (χ1n) is 5.87. The maximum atomic E-state index is 11.6. The number of rotatable bonds is 4. The van der Waals surface area contributed by atoms with Crippen LogP contribution in [0.2, 0.25) is 0 Å². The third kappa shape index (κ3) is 2.79. The fourth-order valence-corrected chi connectivity index (χ4v) is 2.48. The largest absolute Gasteiger partial charge is 0.461 e. The van der Waals surface area contributed by atoms with Crippen LogP contribution in [0.5, 0.6) is 0 Å². The van der Waals surface area contributed by atoms with Crippen molar-refractivity contribution in [3.8, 4) is 0 Å². The van der Waals surface area contributed by atoms with E-state index < -0.39 is 5.97 Å². The molecule has 0 aromatic carbocycles. The van der Waals surface area contributed by atoms with Gasteiger partial charge < -0.3 is 15.4 Å². The average molecular weight is 269 g/mol. The van der Waals surface area contributed by atoms with Crippen molar-refractivity contribution >= 4 is 28.2 Å². The van der Waals surface area contributed by atoms with Crippen LogP contribution in [0.15, 0.2) is 5.51 Å². The zero-order chi connectivity index (χ0) is 13.0. The molecule has 98 valence electrons. The number of carbonyl (C=O) groups excluding carboxylic acids is 2. The minimum absolute atomic E-state index is 0.0375. The SMILES string of the molecule is CCOC(=O)c1ncsc1NC1CCCNC1=O. The first kappa shape index (κ1) is 12.8. The highest BCUT2D eigenvalue weighted by Crippen LogP contribution is 2.23. The number of anilines is 1. The summed E-state index contributed by atoms with van der Waals surface area (Å²) in [4.78, 5) is 27.2. The second-order valence-corrected chi connectivity index (χ2v) is 4.74. The molecule has 2 N–H and O–H groups in total. The van der Waals surface area contributed by atoms with Crippen LogP contribution in [0.3, 0.4) is 0 Å². The van der Waals surface area contributed by atoms with E-state index in [9.17, 15) is 9.59 Å². The number of nitrogens with one attached hydrogen (secondary N) is 2. The summed E-state index contributed by atoms with van der Waals surface area (Å²) >= 11 is 1.30. The Labute approximate surface area is 109 Å². The van der Waals surface area contributed by atoms with Gasteiger partial charge in [-0.15, -0.1) is 11.3 Å². The van der Waals surface area contributed by atoms with Gasteiger partial charge in [0.15, 0.2) is 5.69 Å². The summed E-state index contributed by atoms with van der Waals surface area (Å²) in [5.41, 5.74) is 1.82. The van der Waals surface area contributed by atoms with Gasteiger partial charge in [-0.05, 0) is 19.8 Å². The molecular weight excluding hydrogens is 254 g/mol. The van der Waals surface area contributed by atoms with Crippen molar-refractivity contribution in [2.24, 2.45) is 0 Å². The van der Waals surface area contributed by atoms with E-state index in [0.29, 0.717) is 18.2 Å². The van der Waals surface area contributed by atoms with Crippen LogP contribution in [0.25, 0.3) is 0 Å². The molecular formula is C11H15N3O3S. The van der Waals surface area contributed by atoms with E-state index in [-0.39, 0.29) is 17.6 Å². The van der Waals surface area contributed by atoms with Crippen LogP contribution in [0.4, 0.5) is 5.00 Å². The maximum absolute atomic E-state index is 11.6. The smallest absolute Gasteiger partial charge is 0.360 e. The third-order valence-corrected chi connectivity index (χ3v) is 3.38. The van der Waals surface area contributed by atoms with E-state index in [1.165, 1.54) is 11.3 Å². The number of ether oxygens (including phenoxy) is 1. The average Bonchev–Trinajstić information content (AvgIpc) is 2.81. The molecule has 0 aliphatic carbocycles. The number of hydrogen-bond donors (Lipinski definition) is 2. The topological polar surface area (TPSA) is 80.3 Å². The van der Waals surface area contributed by atoms with E-state index in [2.05, 4.69) is 15.6 Å². The Morgan fingerprint density at radius 3 is 3.28 bits per heavy atom. The predicted molar refractivity (Wildman–Crippen MR) is 67.7 cm³/mol. The van der Waals surface area contributed by atoms with Crippen molar-refractivity contribution in [2.75, 3.05) is 18.5 Å². The van der Waals surface area contributed by atoms with E-state index in [0.717, 1.165) is 12.8 Å². The second kappa shape index (κ2) is 5.81. The number of hydrogen-bond acceptors (Lipinski definition) is 6. The van der Waals surface area contributed by atoms with Crippen LogP contribution in [0.1, 0.15) is 30.3 Å². The van der Waals surface area contributed by atoms with Gasteiger partial charge in [0.25, 0.3) is 0 Å². The zero-order valence-corrected chi connectivity index (χ0v) is 10.9. The lowest BCUT2D eigenvalue weighted by Crippen LogP contribution is -2.44. The Balaban J connectivity index is 2.07. The lowest BCUT2D eigenvalue weighted by Gasteiger charge is -2.23. The molecule has 2 heterocycles. The first-order chi connectivity index (χ1) is 8.72. The van der Waals surface area contributed by atoms with Gasteiger partial charge in [-0.1, -0.05) is 0 Å². The molecule has 1 aromatic heterocycles. The zero-order valence-electron chi connectivity index (χ0n) is 10.1. The van der Waals surface area contributed by atoms with Crippen molar-refractivity contribution in [1.82, 2.24) is 10.3 Å². The summed E-state index contributed by atoms with van der Waals surface area (Å²) in [5.74, 6) is -0.498. The van der Waals surface area contributed by atoms with Crippen LogP contribution in [0, 0.1) is 0 Å². The Kier molecular flexibility index (Phi) is 4.14. The minimum Gasteiger partial charge on any atom is -0.461 e. The van der Waals surface area contributed by atoms with Gasteiger partial charge in [0.2, 0.25) is 5.91 Å². The molecule has 1 aliphatic rings. The highest BCUT2D eigenvalue weighted by molar-refractivity contribution is 7.14. The Bertz CT molecular complexity index is 446. The number of esters is 1. The lowest BCUT2D eigenvalue weighted by molar-refractivity contribution is -0.123. The Morgan fingerprint density at radius 1 is 1.72 bits per heavy atom. The van der Waals surface area contributed by atoms with Crippen molar-refractivity contribution < 1.29 is 14.3 Å². The second-order valence-electron chi connectivity index (χ2n) is 3.88. The highest BCUT2D eigenvalue weighted by atomic mass is 32.1. The molecule has 7 heteroatoms. The summed E-state index contributed by atoms with van der Waals surface area (Å²) in [5, 5.41) is 6.44. The molecule has 1 saturated heterocycles. The molecule has 1 unspecified atom stereocenters. The molecule has 6 nitrogen and oxygen atoms in total. The summed E-state index contributed by atoms with van der Waals surface area (Å²) in [7, 11) is 0. The van der Waals surface area contributed by atoms with Crippen molar-refractivity contribution in [2.45, 2.75) is 25.8 Å². The minimum atomic E-state index is -0.461. The molecule has 1 aliphatic heterocycles. The molecule has 1 atom stereocenters. The molecule has 18 heavy (non-hydrogen) atoms. The van der Waals surface area contributed by atoms with E-state index in [1.807, 2.05) is 0 Å². The van der Waals surface area contributed by atoms with Gasteiger partial charge in [-0.2, -0.15) is 0 Å². The van der Waals surface area contributed by atoms with Gasteiger partial charge in [-0.3, -0.25) is 4.79 Å². The predicted octanol–water partition coefficient (Wildman–Crippen LogP) is 1.01. The van der Waals surface area contributed by atoms with E-state index in [4.69, 9.17) is 4.74 Å². The van der Waals surface area contributed by atoms with Crippen LogP contribution in [-0.4, -0.2) is 36.1 Å². The summed E-state index contributed by atoms with van der Waals surface area (Å²) < 4.78 is 4.91. The van der Waals surface area contributed by atoms with Crippen LogP contribution in [-0.2, 0) is 9.53 Å².